The summed E-state index contributed by atoms with van der Waals surface area (Å²) in [6.07, 6.45) is 1.62. The second-order valence-electron chi connectivity index (χ2n) is 2.29. The average molecular weight is 152 g/mol. The Morgan fingerprint density at radius 1 is 1.09 bits per heavy atom. The highest BCUT2D eigenvalue weighted by Gasteiger charge is 1.98. The summed E-state index contributed by atoms with van der Waals surface area (Å²) in [4.78, 5) is 12.4. The Bertz CT molecular complexity index is 207. The molecule has 0 aromatic carbocycles. The van der Waals surface area contributed by atoms with E-state index in [1.807, 2.05) is 13.8 Å². The molecular formula is C8H13N3. The van der Waals surface area contributed by atoms with Gasteiger partial charge in [0.05, 0.1) is 0 Å². The van der Waals surface area contributed by atoms with E-state index in [1.54, 1.807) is 0 Å². The number of hydrogen-bond acceptors (Lipinski definition) is 3. The Kier molecular flexibility index (Phi) is 2.08. The zero-order valence-corrected chi connectivity index (χ0v) is 6.96. The van der Waals surface area contributed by atoms with E-state index in [9.17, 15) is 0 Å². The van der Waals surface area contributed by atoms with Crippen LogP contribution in [0.2, 0.25) is 0 Å². The van der Waals surface area contributed by atoms with Crippen molar-refractivity contribution in [2.45, 2.75) is 33.6 Å². The third kappa shape index (κ3) is 1.97. The normalized spacial score (nSPS) is 11.3. The minimum Gasteiger partial charge on any atom is -0.218 e. The highest BCUT2D eigenvalue weighted by Crippen LogP contribution is 1.96. The van der Waals surface area contributed by atoms with Crippen LogP contribution in [0.3, 0.4) is 0 Å². The van der Waals surface area contributed by atoms with E-state index in [-0.39, 0.29) is 6.90 Å². The van der Waals surface area contributed by atoms with Gasteiger partial charge in [0.15, 0.2) is 0 Å². The summed E-state index contributed by atoms with van der Waals surface area (Å²) in [6.45, 7) is 4.15. The molecular weight excluding hydrogens is 138 g/mol. The minimum absolute atomic E-state index is 0.141. The maximum Gasteiger partial charge on any atom is 0.132 e. The molecule has 0 atom stereocenters. The van der Waals surface area contributed by atoms with Gasteiger partial charge in [-0.2, -0.15) is 0 Å². The summed E-state index contributed by atoms with van der Waals surface area (Å²) < 4.78 is 7.13. The summed E-state index contributed by atoms with van der Waals surface area (Å²) in [6, 6.07) is 0. The third-order valence-electron chi connectivity index (χ3n) is 1.41. The second-order valence-corrected chi connectivity index (χ2v) is 2.29. The van der Waals surface area contributed by atoms with E-state index in [1.165, 1.54) is 0 Å². The number of nitrogens with zero attached hydrogens (tertiary/aromatic N) is 3. The van der Waals surface area contributed by atoms with Gasteiger partial charge in [0.1, 0.15) is 17.5 Å². The topological polar surface area (TPSA) is 38.7 Å². The summed E-state index contributed by atoms with van der Waals surface area (Å²) in [7, 11) is 0. The van der Waals surface area contributed by atoms with Crippen molar-refractivity contribution in [3.05, 3.63) is 17.5 Å². The van der Waals surface area contributed by atoms with Crippen molar-refractivity contribution >= 4 is 0 Å². The van der Waals surface area contributed by atoms with Gasteiger partial charge in [-0.05, 0) is 6.90 Å². The van der Waals surface area contributed by atoms with Crippen molar-refractivity contribution in [3.8, 4) is 0 Å². The van der Waals surface area contributed by atoms with Gasteiger partial charge >= 0.3 is 0 Å². The number of rotatable bonds is 2. The molecule has 11 heavy (non-hydrogen) atoms. The zero-order valence-electron chi connectivity index (χ0n) is 7.96. The van der Waals surface area contributed by atoms with Gasteiger partial charge in [-0.25, -0.2) is 15.0 Å². The van der Waals surface area contributed by atoms with E-state index in [4.69, 9.17) is 1.37 Å². The fourth-order valence-electron chi connectivity index (χ4n) is 0.838. The lowest BCUT2D eigenvalue weighted by molar-refractivity contribution is 0.798. The molecule has 0 radical (unpaired) electrons. The molecule has 0 amide bonds. The molecule has 1 aromatic heterocycles. The summed E-state index contributed by atoms with van der Waals surface area (Å²) >= 11 is 0. The highest BCUT2D eigenvalue weighted by molar-refractivity contribution is 4.95. The maximum atomic E-state index is 7.13. The molecule has 60 valence electrons. The van der Waals surface area contributed by atoms with Gasteiger partial charge in [-0.1, -0.05) is 13.8 Å². The van der Waals surface area contributed by atoms with E-state index in [0.717, 1.165) is 24.5 Å². The molecule has 0 bridgehead atoms. The molecule has 0 aliphatic carbocycles. The molecule has 0 saturated carbocycles. The number of aryl methyl sites for hydroxylation is 3. The van der Waals surface area contributed by atoms with Gasteiger partial charge in [-0.15, -0.1) is 0 Å². The Labute approximate surface area is 68.3 Å². The van der Waals surface area contributed by atoms with Crippen molar-refractivity contribution in [1.29, 1.82) is 0 Å². The van der Waals surface area contributed by atoms with Crippen molar-refractivity contribution < 1.29 is 1.37 Å². The standard InChI is InChI=1S/C8H13N3/c1-4-7-9-6(3)10-8(5-2)11-7/h4-5H2,1-3H3/i3D. The van der Waals surface area contributed by atoms with Gasteiger partial charge in [0.25, 0.3) is 0 Å². The molecule has 1 aromatic rings. The van der Waals surface area contributed by atoms with Gasteiger partial charge < -0.3 is 0 Å². The SMILES string of the molecule is [2H]Cc1nc(CC)nc(CC)n1. The molecule has 0 fully saturated rings. The molecule has 0 N–H and O–H groups in total. The molecule has 0 aliphatic rings. The number of aromatic nitrogens is 3. The molecule has 0 unspecified atom stereocenters. The molecule has 0 saturated heterocycles. The van der Waals surface area contributed by atoms with Crippen LogP contribution in [0.15, 0.2) is 0 Å². The zero-order chi connectivity index (χ0) is 8.97. The first kappa shape index (κ1) is 6.70. The van der Waals surface area contributed by atoms with Crippen molar-refractivity contribution in [3.63, 3.8) is 0 Å². The second kappa shape index (κ2) is 3.42. The van der Waals surface area contributed by atoms with E-state index >= 15 is 0 Å². The first-order chi connectivity index (χ1) is 5.80. The fraction of sp³-hybridized carbons (Fsp3) is 0.625. The van der Waals surface area contributed by atoms with Gasteiger partial charge in [0.2, 0.25) is 0 Å². The highest BCUT2D eigenvalue weighted by atomic mass is 15.0. The van der Waals surface area contributed by atoms with Crippen LogP contribution in [0.4, 0.5) is 0 Å². The van der Waals surface area contributed by atoms with Crippen LogP contribution < -0.4 is 0 Å². The lowest BCUT2D eigenvalue weighted by Crippen LogP contribution is -2.03. The molecule has 0 aliphatic heterocycles. The molecule has 1 rings (SSSR count). The van der Waals surface area contributed by atoms with Crippen molar-refractivity contribution in [2.75, 3.05) is 0 Å². The third-order valence-corrected chi connectivity index (χ3v) is 1.41. The molecule has 1 heterocycles. The fourth-order valence-corrected chi connectivity index (χ4v) is 0.838. The Hall–Kier alpha value is -0.990. The maximum absolute atomic E-state index is 7.13. The largest absolute Gasteiger partial charge is 0.218 e. The van der Waals surface area contributed by atoms with Crippen LogP contribution in [0, 0.1) is 6.90 Å². The molecule has 3 heteroatoms. The first-order valence-electron chi connectivity index (χ1n) is 4.52. The predicted octanol–water partition coefficient (Wildman–Crippen LogP) is 1.30. The summed E-state index contributed by atoms with van der Waals surface area (Å²) in [5, 5.41) is 0. The van der Waals surface area contributed by atoms with Crippen LogP contribution >= 0.6 is 0 Å². The van der Waals surface area contributed by atoms with Crippen LogP contribution in [0.5, 0.6) is 0 Å². The van der Waals surface area contributed by atoms with E-state index < -0.39 is 0 Å². The Morgan fingerprint density at radius 2 is 1.64 bits per heavy atom. The number of hydrogen-bond donors (Lipinski definition) is 0. The van der Waals surface area contributed by atoms with Crippen LogP contribution in [0.25, 0.3) is 0 Å². The van der Waals surface area contributed by atoms with Crippen LogP contribution in [-0.4, -0.2) is 15.0 Å². The first-order valence-corrected chi connectivity index (χ1v) is 3.82. The minimum atomic E-state index is 0.141. The van der Waals surface area contributed by atoms with Gasteiger partial charge in [-0.3, -0.25) is 0 Å². The quantitative estimate of drug-likeness (QED) is 0.641. The smallest absolute Gasteiger partial charge is 0.132 e. The van der Waals surface area contributed by atoms with Crippen LogP contribution in [-0.2, 0) is 12.8 Å². The molecule has 0 spiro atoms. The van der Waals surface area contributed by atoms with E-state index in [2.05, 4.69) is 15.0 Å². The Morgan fingerprint density at radius 3 is 2.00 bits per heavy atom. The van der Waals surface area contributed by atoms with Crippen molar-refractivity contribution in [1.82, 2.24) is 15.0 Å². The van der Waals surface area contributed by atoms with E-state index in [0.29, 0.717) is 5.82 Å². The van der Waals surface area contributed by atoms with Crippen LogP contribution in [0.1, 0.15) is 32.7 Å². The summed E-state index contributed by atoms with van der Waals surface area (Å²) in [5.41, 5.74) is 0. The monoisotopic (exact) mass is 152 g/mol. The van der Waals surface area contributed by atoms with Gasteiger partial charge in [0, 0.05) is 14.2 Å². The summed E-state index contributed by atoms with van der Waals surface area (Å²) in [5.74, 6) is 2.17. The van der Waals surface area contributed by atoms with Crippen molar-refractivity contribution in [2.24, 2.45) is 0 Å². The lowest BCUT2D eigenvalue weighted by atomic mass is 10.4. The lowest BCUT2D eigenvalue weighted by Gasteiger charge is -1.99. The predicted molar refractivity (Wildman–Crippen MR) is 43.3 cm³/mol. The molecule has 3 nitrogen and oxygen atoms in total. The average Bonchev–Trinajstić information content (AvgIpc) is 2.16. The Balaban J connectivity index is 3.01.